The molecule has 0 bridgehead atoms. The Bertz CT molecular complexity index is 968. The van der Waals surface area contributed by atoms with E-state index < -0.39 is 0 Å². The van der Waals surface area contributed by atoms with Crippen molar-refractivity contribution in [2.75, 3.05) is 5.32 Å². The molecule has 3 heterocycles. The maximum atomic E-state index is 13.1. The Balaban J connectivity index is 1.89. The van der Waals surface area contributed by atoms with Crippen LogP contribution in [0.15, 0.2) is 61.1 Å². The number of nitrogens with one attached hydrogen (secondary N) is 1. The van der Waals surface area contributed by atoms with Gasteiger partial charge in [-0.1, -0.05) is 6.07 Å². The molecule has 5 nitrogen and oxygen atoms in total. The van der Waals surface area contributed by atoms with Crippen LogP contribution in [0, 0.1) is 5.82 Å². The van der Waals surface area contributed by atoms with Gasteiger partial charge in [-0.25, -0.2) is 14.4 Å². The minimum absolute atomic E-state index is 0.266. The van der Waals surface area contributed by atoms with Crippen molar-refractivity contribution < 1.29 is 4.39 Å². The van der Waals surface area contributed by atoms with Gasteiger partial charge >= 0.3 is 0 Å². The van der Waals surface area contributed by atoms with Gasteiger partial charge < -0.3 is 9.88 Å². The van der Waals surface area contributed by atoms with Crippen LogP contribution in [0.2, 0.25) is 0 Å². The lowest BCUT2D eigenvalue weighted by molar-refractivity contribution is 0.628. The second kappa shape index (κ2) is 5.24. The van der Waals surface area contributed by atoms with Crippen LogP contribution in [0.5, 0.6) is 0 Å². The number of imidazole rings is 2. The van der Waals surface area contributed by atoms with E-state index in [1.807, 2.05) is 46.6 Å². The molecule has 6 heteroatoms. The highest BCUT2D eigenvalue weighted by Gasteiger charge is 2.17. The smallest absolute Gasteiger partial charge is 0.162 e. The Labute approximate surface area is 132 Å². The van der Waals surface area contributed by atoms with Crippen molar-refractivity contribution in [2.45, 2.75) is 0 Å². The molecule has 1 aromatic carbocycles. The van der Waals surface area contributed by atoms with Crippen LogP contribution in [0.3, 0.4) is 0 Å². The minimum atomic E-state index is -0.266. The zero-order valence-electron chi connectivity index (χ0n) is 12.4. The molecular weight excluding hydrogens is 293 g/mol. The molecule has 1 N–H and O–H groups in total. The van der Waals surface area contributed by atoms with Crippen molar-refractivity contribution in [3.63, 3.8) is 0 Å². The standard InChI is InChI=1S/C17H14FN5/c1-22-11-9-19-16(22)15-17(20-13-7-5-12(18)6-8-13)23-10-3-2-4-14(23)21-15/h2-11,20H,1H3. The van der Waals surface area contributed by atoms with Crippen molar-refractivity contribution in [1.29, 1.82) is 0 Å². The quantitative estimate of drug-likeness (QED) is 0.629. The summed E-state index contributed by atoms with van der Waals surface area (Å²) in [5.41, 5.74) is 2.34. The highest BCUT2D eigenvalue weighted by Crippen LogP contribution is 2.29. The average Bonchev–Trinajstić information content (AvgIpc) is 3.13. The first kappa shape index (κ1) is 13.5. The Morgan fingerprint density at radius 2 is 1.87 bits per heavy atom. The molecule has 0 saturated heterocycles. The normalized spacial score (nSPS) is 11.0. The van der Waals surface area contributed by atoms with Gasteiger partial charge in [-0.2, -0.15) is 0 Å². The number of pyridine rings is 1. The van der Waals surface area contributed by atoms with Gasteiger partial charge in [0.05, 0.1) is 0 Å². The fourth-order valence-corrected chi connectivity index (χ4v) is 2.53. The molecule has 0 aliphatic rings. The molecule has 0 amide bonds. The number of aromatic nitrogens is 4. The van der Waals surface area contributed by atoms with Gasteiger partial charge in [0.2, 0.25) is 0 Å². The monoisotopic (exact) mass is 307 g/mol. The summed E-state index contributed by atoms with van der Waals surface area (Å²) in [6.45, 7) is 0. The third kappa shape index (κ3) is 2.34. The van der Waals surface area contributed by atoms with Crippen molar-refractivity contribution in [2.24, 2.45) is 7.05 Å². The van der Waals surface area contributed by atoms with E-state index in [4.69, 9.17) is 0 Å². The molecule has 0 aliphatic carbocycles. The highest BCUT2D eigenvalue weighted by atomic mass is 19.1. The molecule has 0 atom stereocenters. The fraction of sp³-hybridized carbons (Fsp3) is 0.0588. The van der Waals surface area contributed by atoms with Crippen LogP contribution in [0.25, 0.3) is 17.2 Å². The average molecular weight is 307 g/mol. The summed E-state index contributed by atoms with van der Waals surface area (Å²) in [4.78, 5) is 9.06. The molecule has 114 valence electrons. The Hall–Kier alpha value is -3.15. The molecule has 0 fully saturated rings. The number of hydrogen-bond donors (Lipinski definition) is 1. The highest BCUT2D eigenvalue weighted by molar-refractivity contribution is 5.76. The van der Waals surface area contributed by atoms with Crippen molar-refractivity contribution in [1.82, 2.24) is 18.9 Å². The summed E-state index contributed by atoms with van der Waals surface area (Å²) >= 11 is 0. The van der Waals surface area contributed by atoms with Crippen LogP contribution in [-0.2, 0) is 7.05 Å². The number of benzene rings is 1. The lowest BCUT2D eigenvalue weighted by Crippen LogP contribution is -1.99. The van der Waals surface area contributed by atoms with Gasteiger partial charge in [-0.05, 0) is 36.4 Å². The first-order valence-electron chi connectivity index (χ1n) is 7.20. The number of rotatable bonds is 3. The molecular formula is C17H14FN5. The number of aryl methyl sites for hydroxylation is 1. The topological polar surface area (TPSA) is 47.2 Å². The first-order chi connectivity index (χ1) is 11.2. The van der Waals surface area contributed by atoms with Crippen molar-refractivity contribution >= 4 is 17.2 Å². The lowest BCUT2D eigenvalue weighted by Gasteiger charge is -2.08. The minimum Gasteiger partial charge on any atom is -0.339 e. The predicted octanol–water partition coefficient (Wildman–Crippen LogP) is 3.62. The zero-order valence-corrected chi connectivity index (χ0v) is 12.4. The molecule has 0 saturated carbocycles. The van der Waals surface area contributed by atoms with Crippen LogP contribution in [-0.4, -0.2) is 18.9 Å². The molecule has 0 radical (unpaired) electrons. The second-order valence-electron chi connectivity index (χ2n) is 5.23. The maximum Gasteiger partial charge on any atom is 0.162 e. The number of hydrogen-bond acceptors (Lipinski definition) is 3. The van der Waals surface area contributed by atoms with Gasteiger partial charge in [0.1, 0.15) is 23.0 Å². The number of anilines is 2. The van der Waals surface area contributed by atoms with E-state index >= 15 is 0 Å². The van der Waals surface area contributed by atoms with E-state index in [-0.39, 0.29) is 5.82 Å². The summed E-state index contributed by atoms with van der Waals surface area (Å²) < 4.78 is 17.0. The fourth-order valence-electron chi connectivity index (χ4n) is 2.53. The molecule has 0 spiro atoms. The van der Waals surface area contributed by atoms with Gasteiger partial charge in [-0.15, -0.1) is 0 Å². The van der Waals surface area contributed by atoms with E-state index in [9.17, 15) is 4.39 Å². The van der Waals surface area contributed by atoms with E-state index in [1.165, 1.54) is 12.1 Å². The number of nitrogens with zero attached hydrogens (tertiary/aromatic N) is 4. The molecule has 23 heavy (non-hydrogen) atoms. The summed E-state index contributed by atoms with van der Waals surface area (Å²) in [6.07, 6.45) is 5.54. The maximum absolute atomic E-state index is 13.1. The van der Waals surface area contributed by atoms with Gasteiger partial charge in [0.25, 0.3) is 0 Å². The molecule has 4 aromatic rings. The summed E-state index contributed by atoms with van der Waals surface area (Å²) in [5, 5.41) is 3.32. The molecule has 0 unspecified atom stereocenters. The van der Waals surface area contributed by atoms with Gasteiger partial charge in [-0.3, -0.25) is 4.40 Å². The van der Waals surface area contributed by atoms with Gasteiger partial charge in [0.15, 0.2) is 5.82 Å². The van der Waals surface area contributed by atoms with E-state index in [1.54, 1.807) is 18.3 Å². The third-order valence-electron chi connectivity index (χ3n) is 3.67. The SMILES string of the molecule is Cn1ccnc1-c1nc2ccccn2c1Nc1ccc(F)cc1. The number of fused-ring (bicyclic) bond motifs is 1. The molecule has 4 rings (SSSR count). The Kier molecular flexibility index (Phi) is 3.08. The van der Waals surface area contributed by atoms with Crippen LogP contribution < -0.4 is 5.32 Å². The predicted molar refractivity (Wildman–Crippen MR) is 87.1 cm³/mol. The van der Waals surface area contributed by atoms with E-state index in [2.05, 4.69) is 15.3 Å². The molecule has 3 aromatic heterocycles. The van der Waals surface area contributed by atoms with Gasteiger partial charge in [0, 0.05) is 31.3 Å². The Morgan fingerprint density at radius 1 is 1.04 bits per heavy atom. The van der Waals surface area contributed by atoms with E-state index in [0.29, 0.717) is 0 Å². The van der Waals surface area contributed by atoms with Crippen molar-refractivity contribution in [3.05, 3.63) is 66.9 Å². The third-order valence-corrected chi connectivity index (χ3v) is 3.67. The van der Waals surface area contributed by atoms with Crippen LogP contribution in [0.4, 0.5) is 15.9 Å². The Morgan fingerprint density at radius 3 is 2.61 bits per heavy atom. The summed E-state index contributed by atoms with van der Waals surface area (Å²) in [5.74, 6) is 1.29. The van der Waals surface area contributed by atoms with Crippen LogP contribution >= 0.6 is 0 Å². The van der Waals surface area contributed by atoms with Crippen molar-refractivity contribution in [3.8, 4) is 11.5 Å². The lowest BCUT2D eigenvalue weighted by atomic mass is 10.3. The summed E-state index contributed by atoms with van der Waals surface area (Å²) in [6, 6.07) is 12.0. The molecule has 0 aliphatic heterocycles. The van der Waals surface area contributed by atoms with E-state index in [0.717, 1.165) is 28.7 Å². The second-order valence-corrected chi connectivity index (χ2v) is 5.23. The largest absolute Gasteiger partial charge is 0.339 e. The number of halogens is 1. The van der Waals surface area contributed by atoms with Crippen LogP contribution in [0.1, 0.15) is 0 Å². The first-order valence-corrected chi connectivity index (χ1v) is 7.20. The zero-order chi connectivity index (χ0) is 15.8. The summed E-state index contributed by atoms with van der Waals surface area (Å²) in [7, 11) is 1.92.